The van der Waals surface area contributed by atoms with Crippen LogP contribution in [0.15, 0.2) is 22.7 Å². The number of methoxy groups -OCH3 is 1. The molecule has 164 valence electrons. The molecule has 0 bridgehead atoms. The van der Waals surface area contributed by atoms with E-state index in [4.69, 9.17) is 4.74 Å². The van der Waals surface area contributed by atoms with Gasteiger partial charge in [-0.2, -0.15) is 0 Å². The van der Waals surface area contributed by atoms with Gasteiger partial charge in [-0.25, -0.2) is 13.1 Å². The maximum Gasteiger partial charge on any atom is 0.208 e. The summed E-state index contributed by atoms with van der Waals surface area (Å²) in [4.78, 5) is 2.62. The van der Waals surface area contributed by atoms with Crippen molar-refractivity contribution < 1.29 is 13.2 Å². The number of nitrogens with one attached hydrogen (secondary N) is 1. The monoisotopic (exact) mass is 486 g/mol. The maximum absolute atomic E-state index is 11.4. The number of sulfonamides is 1. The zero-order valence-electron chi connectivity index (χ0n) is 17.7. The van der Waals surface area contributed by atoms with Crippen LogP contribution in [0.5, 0.6) is 5.75 Å². The van der Waals surface area contributed by atoms with E-state index in [2.05, 4.69) is 37.7 Å². The van der Waals surface area contributed by atoms with Gasteiger partial charge in [-0.3, -0.25) is 0 Å². The van der Waals surface area contributed by atoms with Crippen LogP contribution in [-0.2, 0) is 16.4 Å². The van der Waals surface area contributed by atoms with Crippen molar-refractivity contribution in [2.24, 2.45) is 11.8 Å². The summed E-state index contributed by atoms with van der Waals surface area (Å²) in [5.74, 6) is 2.42. The van der Waals surface area contributed by atoms with Crippen LogP contribution in [0.3, 0.4) is 0 Å². The molecule has 5 nitrogen and oxygen atoms in total. The summed E-state index contributed by atoms with van der Waals surface area (Å²) >= 11 is 3.68. The van der Waals surface area contributed by atoms with Gasteiger partial charge in [-0.05, 0) is 107 Å². The lowest BCUT2D eigenvalue weighted by atomic mass is 9.84. The van der Waals surface area contributed by atoms with Gasteiger partial charge >= 0.3 is 0 Å². The van der Waals surface area contributed by atoms with Crippen molar-refractivity contribution in [3.05, 3.63) is 28.2 Å². The second-order valence-corrected chi connectivity index (χ2v) is 11.5. The highest BCUT2D eigenvalue weighted by atomic mass is 79.9. The van der Waals surface area contributed by atoms with Crippen molar-refractivity contribution in [2.75, 3.05) is 33.0 Å². The van der Waals surface area contributed by atoms with E-state index in [1.165, 1.54) is 55.2 Å². The molecule has 1 saturated carbocycles. The van der Waals surface area contributed by atoms with Crippen LogP contribution >= 0.6 is 15.9 Å². The van der Waals surface area contributed by atoms with Crippen molar-refractivity contribution >= 4 is 26.0 Å². The van der Waals surface area contributed by atoms with Crippen LogP contribution in [0.25, 0.3) is 0 Å². The molecular weight excluding hydrogens is 452 g/mol. The second-order valence-electron chi connectivity index (χ2n) is 8.84. The first-order valence-electron chi connectivity index (χ1n) is 10.8. The number of ether oxygens (including phenoxy) is 1. The van der Waals surface area contributed by atoms with Gasteiger partial charge in [0, 0.05) is 10.5 Å². The Morgan fingerprint density at radius 3 is 2.41 bits per heavy atom. The number of hydrogen-bond donors (Lipinski definition) is 1. The summed E-state index contributed by atoms with van der Waals surface area (Å²) in [5.41, 5.74) is 1.35. The molecular formula is C22H35BrN2O3S. The first-order valence-corrected chi connectivity index (χ1v) is 13.5. The largest absolute Gasteiger partial charge is 0.497 e. The van der Waals surface area contributed by atoms with E-state index in [-0.39, 0.29) is 6.04 Å². The Morgan fingerprint density at radius 2 is 1.79 bits per heavy atom. The molecule has 7 heteroatoms. The minimum Gasteiger partial charge on any atom is -0.497 e. The summed E-state index contributed by atoms with van der Waals surface area (Å²) in [6, 6.07) is 6.39. The van der Waals surface area contributed by atoms with E-state index in [9.17, 15) is 8.42 Å². The van der Waals surface area contributed by atoms with Gasteiger partial charge in [-0.1, -0.05) is 15.9 Å². The number of rotatable bonds is 8. The topological polar surface area (TPSA) is 58.6 Å². The fraction of sp³-hybridized carbons (Fsp3) is 0.727. The fourth-order valence-electron chi connectivity index (χ4n) is 4.80. The molecule has 2 aliphatic rings. The van der Waals surface area contributed by atoms with Gasteiger partial charge in [0.15, 0.2) is 0 Å². The van der Waals surface area contributed by atoms with Crippen molar-refractivity contribution in [3.8, 4) is 5.75 Å². The molecule has 0 radical (unpaired) electrons. The van der Waals surface area contributed by atoms with E-state index < -0.39 is 10.0 Å². The lowest BCUT2D eigenvalue weighted by molar-refractivity contribution is 0.164. The van der Waals surface area contributed by atoms with Crippen LogP contribution in [0, 0.1) is 11.8 Å². The van der Waals surface area contributed by atoms with Gasteiger partial charge in [0.05, 0.1) is 13.4 Å². The molecule has 0 atom stereocenters. The predicted molar refractivity (Wildman–Crippen MR) is 122 cm³/mol. The molecule has 0 spiro atoms. The highest BCUT2D eigenvalue weighted by Gasteiger charge is 2.25. The molecule has 1 heterocycles. The minimum absolute atomic E-state index is 0.146. The van der Waals surface area contributed by atoms with Crippen LogP contribution in [0.2, 0.25) is 0 Å². The first kappa shape index (κ1) is 23.0. The normalized spacial score (nSPS) is 24.5. The summed E-state index contributed by atoms with van der Waals surface area (Å²) in [6.45, 7) is 3.57. The molecule has 0 amide bonds. The van der Waals surface area contributed by atoms with Crippen molar-refractivity contribution in [1.29, 1.82) is 0 Å². The highest BCUT2D eigenvalue weighted by molar-refractivity contribution is 9.10. The lowest BCUT2D eigenvalue weighted by Gasteiger charge is -2.34. The summed E-state index contributed by atoms with van der Waals surface area (Å²) in [7, 11) is -1.35. The number of benzene rings is 1. The summed E-state index contributed by atoms with van der Waals surface area (Å²) in [6.07, 6.45) is 10.4. The van der Waals surface area contributed by atoms with E-state index in [0.717, 1.165) is 49.7 Å². The minimum atomic E-state index is -3.07. The van der Waals surface area contributed by atoms with Crippen LogP contribution in [0.1, 0.15) is 50.5 Å². The van der Waals surface area contributed by atoms with Gasteiger partial charge in [0.2, 0.25) is 10.0 Å². The Kier molecular flexibility index (Phi) is 8.42. The predicted octanol–water partition coefficient (Wildman–Crippen LogP) is 4.21. The second kappa shape index (κ2) is 10.6. The average molecular weight is 488 g/mol. The molecule has 1 aliphatic carbocycles. The van der Waals surface area contributed by atoms with Gasteiger partial charge in [-0.15, -0.1) is 0 Å². The number of nitrogens with zero attached hydrogens (tertiary/aromatic N) is 1. The molecule has 1 aliphatic heterocycles. The van der Waals surface area contributed by atoms with Crippen molar-refractivity contribution in [1.82, 2.24) is 9.62 Å². The van der Waals surface area contributed by atoms with Crippen LogP contribution in [0.4, 0.5) is 0 Å². The lowest BCUT2D eigenvalue weighted by Crippen LogP contribution is -2.38. The molecule has 2 fully saturated rings. The standard InChI is InChI=1S/C22H35BrN2O3S/c1-28-21-7-8-22(23)19(16-21)15-18-10-13-25(14-11-18)12-9-17-3-5-20(6-4-17)24-29(2,26)27/h7-8,16-18,20,24H,3-6,9-15H2,1-2H3/t17-,20-. The number of likely N-dealkylation sites (tertiary alicyclic amines) is 1. The quantitative estimate of drug-likeness (QED) is 0.597. The van der Waals surface area contributed by atoms with Crippen LogP contribution in [-0.4, -0.2) is 52.4 Å². The third-order valence-electron chi connectivity index (χ3n) is 6.55. The number of piperidine rings is 1. The summed E-state index contributed by atoms with van der Waals surface area (Å²) < 4.78 is 32.1. The van der Waals surface area contributed by atoms with Gasteiger partial charge < -0.3 is 9.64 Å². The Bertz CT molecular complexity index is 755. The van der Waals surface area contributed by atoms with Crippen LogP contribution < -0.4 is 9.46 Å². The molecule has 1 saturated heterocycles. The van der Waals surface area contributed by atoms with E-state index in [0.29, 0.717) is 0 Å². The zero-order chi connectivity index (χ0) is 20.9. The third-order valence-corrected chi connectivity index (χ3v) is 8.08. The van der Waals surface area contributed by atoms with E-state index in [1.54, 1.807) is 7.11 Å². The van der Waals surface area contributed by atoms with E-state index >= 15 is 0 Å². The molecule has 29 heavy (non-hydrogen) atoms. The smallest absolute Gasteiger partial charge is 0.208 e. The number of halogens is 1. The Hall–Kier alpha value is -0.630. The first-order chi connectivity index (χ1) is 13.8. The third kappa shape index (κ3) is 7.53. The Labute approximate surface area is 184 Å². The zero-order valence-corrected chi connectivity index (χ0v) is 20.1. The highest BCUT2D eigenvalue weighted by Crippen LogP contribution is 2.30. The average Bonchev–Trinajstić information content (AvgIpc) is 2.69. The molecule has 0 aromatic heterocycles. The molecule has 1 N–H and O–H groups in total. The molecule has 0 unspecified atom stereocenters. The van der Waals surface area contributed by atoms with Gasteiger partial charge in [0.25, 0.3) is 0 Å². The van der Waals surface area contributed by atoms with Crippen molar-refractivity contribution in [2.45, 2.75) is 57.4 Å². The van der Waals surface area contributed by atoms with E-state index in [1.807, 2.05) is 6.07 Å². The Balaban J connectivity index is 1.35. The SMILES string of the molecule is COc1ccc(Br)c(CC2CCN(CC[C@H]3CC[C@H](NS(C)(=O)=O)CC3)CC2)c1. The molecule has 1 aromatic carbocycles. The van der Waals surface area contributed by atoms with Crippen molar-refractivity contribution in [3.63, 3.8) is 0 Å². The summed E-state index contributed by atoms with van der Waals surface area (Å²) in [5, 5.41) is 0. The maximum atomic E-state index is 11.4. The fourth-order valence-corrected chi connectivity index (χ4v) is 6.05. The van der Waals surface area contributed by atoms with Gasteiger partial charge in [0.1, 0.15) is 5.75 Å². The molecule has 3 rings (SSSR count). The Morgan fingerprint density at radius 1 is 1.10 bits per heavy atom. The molecule has 1 aromatic rings. The number of hydrogen-bond acceptors (Lipinski definition) is 4.